The van der Waals surface area contributed by atoms with E-state index in [4.69, 9.17) is 11.6 Å². The Labute approximate surface area is 98.5 Å². The monoisotopic (exact) mass is 237 g/mol. The van der Waals surface area contributed by atoms with Crippen LogP contribution in [0.2, 0.25) is 5.02 Å². The molecule has 0 spiro atoms. The second-order valence-corrected chi connectivity index (χ2v) is 3.68. The van der Waals surface area contributed by atoms with Gasteiger partial charge in [-0.15, -0.1) is 10.2 Å². The summed E-state index contributed by atoms with van der Waals surface area (Å²) in [6.07, 6.45) is 3.32. The number of halogens is 1. The Kier molecular flexibility index (Phi) is 3.36. The quantitative estimate of drug-likeness (QED) is 0.883. The summed E-state index contributed by atoms with van der Waals surface area (Å²) in [6.45, 7) is 3.51. The van der Waals surface area contributed by atoms with E-state index in [1.807, 2.05) is 17.6 Å². The predicted molar refractivity (Wildman–Crippen MR) is 62.3 cm³/mol. The number of hydrogen-bond donors (Lipinski definition) is 1. The number of aromatic nitrogens is 4. The molecule has 0 aromatic carbocycles. The number of nitrogens with zero attached hydrogens (tertiary/aromatic N) is 4. The van der Waals surface area contributed by atoms with Gasteiger partial charge in [0, 0.05) is 12.7 Å². The summed E-state index contributed by atoms with van der Waals surface area (Å²) in [5, 5.41) is 11.7. The summed E-state index contributed by atoms with van der Waals surface area (Å²) in [6, 6.07) is 3.62. The van der Waals surface area contributed by atoms with E-state index in [-0.39, 0.29) is 0 Å². The van der Waals surface area contributed by atoms with Crippen LogP contribution in [0.5, 0.6) is 0 Å². The summed E-state index contributed by atoms with van der Waals surface area (Å²) >= 11 is 5.74. The lowest BCUT2D eigenvalue weighted by Crippen LogP contribution is -2.08. The molecule has 0 bridgehead atoms. The Morgan fingerprint density at radius 1 is 1.44 bits per heavy atom. The van der Waals surface area contributed by atoms with Crippen molar-refractivity contribution in [3.8, 4) is 0 Å². The molecule has 0 radical (unpaired) electrons. The van der Waals surface area contributed by atoms with Crippen LogP contribution in [-0.4, -0.2) is 19.7 Å². The van der Waals surface area contributed by atoms with E-state index in [1.54, 1.807) is 18.6 Å². The van der Waals surface area contributed by atoms with Crippen molar-refractivity contribution in [2.75, 3.05) is 5.32 Å². The van der Waals surface area contributed by atoms with Crippen molar-refractivity contribution in [3.05, 3.63) is 35.5 Å². The van der Waals surface area contributed by atoms with Crippen LogP contribution in [0.1, 0.15) is 12.7 Å². The highest BCUT2D eigenvalue weighted by atomic mass is 35.5. The maximum absolute atomic E-state index is 5.74. The third-order valence-corrected chi connectivity index (χ3v) is 2.42. The summed E-state index contributed by atoms with van der Waals surface area (Å²) in [7, 11) is 0. The van der Waals surface area contributed by atoms with E-state index in [2.05, 4.69) is 20.5 Å². The Morgan fingerprint density at radius 2 is 2.31 bits per heavy atom. The van der Waals surface area contributed by atoms with E-state index < -0.39 is 0 Å². The van der Waals surface area contributed by atoms with Crippen LogP contribution in [0.3, 0.4) is 0 Å². The maximum Gasteiger partial charge on any atom is 0.152 e. The van der Waals surface area contributed by atoms with Crippen LogP contribution in [0.25, 0.3) is 0 Å². The van der Waals surface area contributed by atoms with Crippen LogP contribution < -0.4 is 5.32 Å². The molecular formula is C10H12ClN5. The first kappa shape index (κ1) is 10.9. The number of hydrogen-bond acceptors (Lipinski definition) is 4. The number of nitrogens with one attached hydrogen (secondary N) is 1. The van der Waals surface area contributed by atoms with Gasteiger partial charge in [-0.05, 0) is 19.1 Å². The molecule has 0 saturated carbocycles. The van der Waals surface area contributed by atoms with E-state index in [1.165, 1.54) is 0 Å². The molecule has 2 aromatic heterocycles. The first-order chi connectivity index (χ1) is 7.79. The second kappa shape index (κ2) is 4.94. The zero-order valence-electron chi connectivity index (χ0n) is 8.89. The molecule has 2 rings (SSSR count). The molecule has 16 heavy (non-hydrogen) atoms. The molecular weight excluding hydrogens is 226 g/mol. The van der Waals surface area contributed by atoms with Gasteiger partial charge < -0.3 is 9.88 Å². The lowest BCUT2D eigenvalue weighted by molar-refractivity contribution is 0.707. The second-order valence-electron chi connectivity index (χ2n) is 3.25. The van der Waals surface area contributed by atoms with E-state index in [9.17, 15) is 0 Å². The van der Waals surface area contributed by atoms with Crippen molar-refractivity contribution in [1.82, 2.24) is 19.7 Å². The molecule has 0 aliphatic rings. The molecule has 0 saturated heterocycles. The van der Waals surface area contributed by atoms with Gasteiger partial charge in [-0.3, -0.25) is 0 Å². The summed E-state index contributed by atoms with van der Waals surface area (Å²) in [5.41, 5.74) is 0. The summed E-state index contributed by atoms with van der Waals surface area (Å²) < 4.78 is 1.98. The number of rotatable bonds is 4. The van der Waals surface area contributed by atoms with Crippen molar-refractivity contribution >= 4 is 17.4 Å². The van der Waals surface area contributed by atoms with E-state index in [0.717, 1.165) is 18.2 Å². The summed E-state index contributed by atoms with van der Waals surface area (Å²) in [4.78, 5) is 4.13. The van der Waals surface area contributed by atoms with Gasteiger partial charge in [-0.1, -0.05) is 11.6 Å². The van der Waals surface area contributed by atoms with Crippen LogP contribution in [-0.2, 0) is 13.1 Å². The SMILES string of the molecule is CCn1cnnc1CNc1ccc(Cl)cn1. The normalized spacial score (nSPS) is 10.4. The first-order valence-corrected chi connectivity index (χ1v) is 5.39. The lowest BCUT2D eigenvalue weighted by Gasteiger charge is -2.05. The van der Waals surface area contributed by atoms with Gasteiger partial charge in [0.25, 0.3) is 0 Å². The third-order valence-electron chi connectivity index (χ3n) is 2.19. The van der Waals surface area contributed by atoms with Crippen molar-refractivity contribution in [2.24, 2.45) is 0 Å². The fraction of sp³-hybridized carbons (Fsp3) is 0.300. The minimum Gasteiger partial charge on any atom is -0.363 e. The zero-order chi connectivity index (χ0) is 11.4. The molecule has 0 amide bonds. The fourth-order valence-electron chi connectivity index (χ4n) is 1.33. The number of pyridine rings is 1. The number of aryl methyl sites for hydroxylation is 1. The molecule has 2 heterocycles. The smallest absolute Gasteiger partial charge is 0.152 e. The molecule has 0 atom stereocenters. The molecule has 0 aliphatic heterocycles. The van der Waals surface area contributed by atoms with Crippen molar-refractivity contribution in [1.29, 1.82) is 0 Å². The van der Waals surface area contributed by atoms with Gasteiger partial charge in [0.05, 0.1) is 11.6 Å². The van der Waals surface area contributed by atoms with Crippen LogP contribution in [0.4, 0.5) is 5.82 Å². The van der Waals surface area contributed by atoms with Gasteiger partial charge in [-0.2, -0.15) is 0 Å². The average molecular weight is 238 g/mol. The molecule has 84 valence electrons. The zero-order valence-corrected chi connectivity index (χ0v) is 9.65. The van der Waals surface area contributed by atoms with Crippen molar-refractivity contribution in [2.45, 2.75) is 20.0 Å². The highest BCUT2D eigenvalue weighted by Gasteiger charge is 2.02. The molecule has 5 nitrogen and oxygen atoms in total. The van der Waals surface area contributed by atoms with Crippen molar-refractivity contribution in [3.63, 3.8) is 0 Å². The minimum absolute atomic E-state index is 0.600. The average Bonchev–Trinajstić information content (AvgIpc) is 2.76. The number of anilines is 1. The maximum atomic E-state index is 5.74. The lowest BCUT2D eigenvalue weighted by atomic mass is 10.4. The molecule has 0 unspecified atom stereocenters. The molecule has 1 N–H and O–H groups in total. The van der Waals surface area contributed by atoms with Gasteiger partial charge in [0.1, 0.15) is 12.1 Å². The molecule has 6 heteroatoms. The van der Waals surface area contributed by atoms with Gasteiger partial charge in [-0.25, -0.2) is 4.98 Å². The fourth-order valence-corrected chi connectivity index (χ4v) is 1.44. The first-order valence-electron chi connectivity index (χ1n) is 5.01. The predicted octanol–water partition coefficient (Wildman–Crippen LogP) is 1.96. The van der Waals surface area contributed by atoms with Crippen LogP contribution in [0, 0.1) is 0 Å². The van der Waals surface area contributed by atoms with Gasteiger partial charge in [0.15, 0.2) is 5.82 Å². The van der Waals surface area contributed by atoms with Crippen LogP contribution >= 0.6 is 11.6 Å². The summed E-state index contributed by atoms with van der Waals surface area (Å²) in [5.74, 6) is 1.66. The van der Waals surface area contributed by atoms with Crippen molar-refractivity contribution < 1.29 is 0 Å². The topological polar surface area (TPSA) is 55.6 Å². The Balaban J connectivity index is 1.99. The third kappa shape index (κ3) is 2.49. The van der Waals surface area contributed by atoms with Gasteiger partial charge >= 0.3 is 0 Å². The molecule has 0 aliphatic carbocycles. The molecule has 2 aromatic rings. The van der Waals surface area contributed by atoms with E-state index >= 15 is 0 Å². The highest BCUT2D eigenvalue weighted by Crippen LogP contribution is 2.10. The molecule has 0 fully saturated rings. The van der Waals surface area contributed by atoms with Crippen LogP contribution in [0.15, 0.2) is 24.7 Å². The Bertz CT molecular complexity index is 450. The highest BCUT2D eigenvalue weighted by molar-refractivity contribution is 6.30. The standard InChI is InChI=1S/C10H12ClN5/c1-2-16-7-14-15-10(16)6-13-9-4-3-8(11)5-12-9/h3-5,7H,2,6H2,1H3,(H,12,13). The Hall–Kier alpha value is -1.62. The minimum atomic E-state index is 0.600. The van der Waals surface area contributed by atoms with Gasteiger partial charge in [0.2, 0.25) is 0 Å². The van der Waals surface area contributed by atoms with E-state index in [0.29, 0.717) is 11.6 Å². The Morgan fingerprint density at radius 3 is 3.00 bits per heavy atom. The largest absolute Gasteiger partial charge is 0.363 e.